The monoisotopic (exact) mass is 304 g/mol. The second kappa shape index (κ2) is 5.84. The fraction of sp³-hybridized carbons (Fsp3) is 0.200. The predicted octanol–water partition coefficient (Wildman–Crippen LogP) is 4.99. The Labute approximate surface area is 136 Å². The molecule has 3 rings (SSSR count). The number of para-hydroxylation sites is 2. The van der Waals surface area contributed by atoms with Crippen molar-refractivity contribution in [2.24, 2.45) is 4.99 Å². The molecular formula is C20H20N2O. The third-order valence-electron chi connectivity index (χ3n) is 3.79. The van der Waals surface area contributed by atoms with E-state index in [-0.39, 0.29) is 11.2 Å². The van der Waals surface area contributed by atoms with Crippen LogP contribution in [-0.4, -0.2) is 16.3 Å². The van der Waals surface area contributed by atoms with Gasteiger partial charge in [0, 0.05) is 17.2 Å². The number of pyridine rings is 1. The van der Waals surface area contributed by atoms with E-state index in [1.165, 1.54) is 0 Å². The van der Waals surface area contributed by atoms with Gasteiger partial charge in [-0.1, -0.05) is 51.1 Å². The summed E-state index contributed by atoms with van der Waals surface area (Å²) in [7, 11) is 0. The summed E-state index contributed by atoms with van der Waals surface area (Å²) >= 11 is 0. The Morgan fingerprint density at radius 2 is 1.74 bits per heavy atom. The van der Waals surface area contributed by atoms with Crippen LogP contribution in [-0.2, 0) is 5.41 Å². The lowest BCUT2D eigenvalue weighted by atomic mass is 9.85. The summed E-state index contributed by atoms with van der Waals surface area (Å²) in [5.41, 5.74) is 2.41. The first kappa shape index (κ1) is 15.2. The average Bonchev–Trinajstić information content (AvgIpc) is 2.52. The van der Waals surface area contributed by atoms with Crippen LogP contribution in [0.2, 0.25) is 0 Å². The molecule has 23 heavy (non-hydrogen) atoms. The van der Waals surface area contributed by atoms with Crippen LogP contribution in [0.5, 0.6) is 5.75 Å². The molecule has 0 saturated heterocycles. The molecule has 0 amide bonds. The zero-order chi connectivity index (χ0) is 16.4. The van der Waals surface area contributed by atoms with Gasteiger partial charge in [-0.25, -0.2) is 9.98 Å². The van der Waals surface area contributed by atoms with Crippen molar-refractivity contribution in [2.75, 3.05) is 0 Å². The highest BCUT2D eigenvalue weighted by atomic mass is 16.3. The molecule has 1 aromatic heterocycles. The predicted molar refractivity (Wildman–Crippen MR) is 95.8 cm³/mol. The Hall–Kier alpha value is -2.68. The van der Waals surface area contributed by atoms with Crippen LogP contribution in [0.1, 0.15) is 31.9 Å². The molecule has 0 saturated carbocycles. The second-order valence-electron chi connectivity index (χ2n) is 6.61. The van der Waals surface area contributed by atoms with E-state index in [4.69, 9.17) is 0 Å². The fourth-order valence-corrected chi connectivity index (χ4v) is 2.53. The number of hydrogen-bond acceptors (Lipinski definition) is 3. The number of aliphatic imine (C=N–C) groups is 1. The Balaban J connectivity index is 1.96. The number of phenolic OH excluding ortho intramolecular Hbond substituents is 1. The van der Waals surface area contributed by atoms with Crippen molar-refractivity contribution in [3.8, 4) is 5.75 Å². The van der Waals surface area contributed by atoms with Gasteiger partial charge >= 0.3 is 0 Å². The van der Waals surface area contributed by atoms with Crippen LogP contribution in [0, 0.1) is 0 Å². The topological polar surface area (TPSA) is 45.5 Å². The number of nitrogens with zero attached hydrogens (tertiary/aromatic N) is 2. The maximum absolute atomic E-state index is 10.5. The summed E-state index contributed by atoms with van der Waals surface area (Å²) in [6, 6.07) is 17.6. The van der Waals surface area contributed by atoms with Crippen LogP contribution in [0.4, 0.5) is 5.82 Å². The van der Waals surface area contributed by atoms with Gasteiger partial charge in [0.05, 0.1) is 5.52 Å². The van der Waals surface area contributed by atoms with Crippen molar-refractivity contribution < 1.29 is 5.11 Å². The Kier molecular flexibility index (Phi) is 3.87. The maximum Gasteiger partial charge on any atom is 0.152 e. The zero-order valence-electron chi connectivity index (χ0n) is 13.6. The average molecular weight is 304 g/mol. The smallest absolute Gasteiger partial charge is 0.152 e. The maximum atomic E-state index is 10.5. The normalized spacial score (nSPS) is 12.1. The van der Waals surface area contributed by atoms with Crippen molar-refractivity contribution in [3.63, 3.8) is 0 Å². The number of rotatable bonds is 2. The van der Waals surface area contributed by atoms with E-state index in [9.17, 15) is 5.11 Å². The first-order chi connectivity index (χ1) is 10.9. The van der Waals surface area contributed by atoms with E-state index in [1.807, 2.05) is 54.6 Å². The van der Waals surface area contributed by atoms with E-state index in [0.29, 0.717) is 11.4 Å². The van der Waals surface area contributed by atoms with Crippen molar-refractivity contribution in [1.29, 1.82) is 0 Å². The molecule has 116 valence electrons. The highest BCUT2D eigenvalue weighted by Gasteiger charge is 2.19. The molecule has 0 bridgehead atoms. The minimum atomic E-state index is -0.116. The molecule has 2 aromatic carbocycles. The molecule has 3 nitrogen and oxygen atoms in total. The standard InChI is InChI=1S/C20H20N2O/c1-20(2,3)16-9-6-8-15(19(16)23)13-21-18-12-11-14-7-4-5-10-17(14)22-18/h4-13,23H,1-3H3. The lowest BCUT2D eigenvalue weighted by Gasteiger charge is -2.21. The van der Waals surface area contributed by atoms with E-state index in [2.05, 4.69) is 30.7 Å². The summed E-state index contributed by atoms with van der Waals surface area (Å²) in [6.45, 7) is 6.23. The molecule has 0 aliphatic heterocycles. The van der Waals surface area contributed by atoms with Gasteiger partial charge < -0.3 is 5.11 Å². The Bertz CT molecular complexity index is 876. The first-order valence-electron chi connectivity index (χ1n) is 7.67. The number of hydrogen-bond donors (Lipinski definition) is 1. The van der Waals surface area contributed by atoms with Crippen molar-refractivity contribution in [3.05, 3.63) is 65.7 Å². The van der Waals surface area contributed by atoms with Crippen LogP contribution < -0.4 is 0 Å². The van der Waals surface area contributed by atoms with Crippen molar-refractivity contribution >= 4 is 22.9 Å². The van der Waals surface area contributed by atoms with Gasteiger partial charge in [-0.2, -0.15) is 0 Å². The van der Waals surface area contributed by atoms with Crippen LogP contribution in [0.15, 0.2) is 59.6 Å². The SMILES string of the molecule is CC(C)(C)c1cccc(C=Nc2ccc3ccccc3n2)c1O. The molecule has 1 heterocycles. The minimum absolute atomic E-state index is 0.116. The van der Waals surface area contributed by atoms with Crippen molar-refractivity contribution in [1.82, 2.24) is 4.98 Å². The van der Waals surface area contributed by atoms with Gasteiger partial charge in [-0.05, 0) is 35.2 Å². The summed E-state index contributed by atoms with van der Waals surface area (Å²) in [5.74, 6) is 0.911. The fourth-order valence-electron chi connectivity index (χ4n) is 2.53. The molecule has 3 aromatic rings. The molecule has 0 spiro atoms. The molecule has 0 aliphatic carbocycles. The number of fused-ring (bicyclic) bond motifs is 1. The number of aromatic nitrogens is 1. The van der Waals surface area contributed by atoms with Gasteiger partial charge in [0.2, 0.25) is 0 Å². The van der Waals surface area contributed by atoms with Gasteiger partial charge in [-0.3, -0.25) is 0 Å². The largest absolute Gasteiger partial charge is 0.507 e. The number of phenols is 1. The number of benzene rings is 2. The quantitative estimate of drug-likeness (QED) is 0.678. The molecule has 0 aliphatic rings. The molecular weight excluding hydrogens is 284 g/mol. The van der Waals surface area contributed by atoms with E-state index in [1.54, 1.807) is 6.21 Å². The third-order valence-corrected chi connectivity index (χ3v) is 3.79. The molecule has 0 fully saturated rings. The van der Waals surface area contributed by atoms with Gasteiger partial charge in [0.25, 0.3) is 0 Å². The van der Waals surface area contributed by atoms with E-state index >= 15 is 0 Å². The Morgan fingerprint density at radius 1 is 0.957 bits per heavy atom. The van der Waals surface area contributed by atoms with Crippen LogP contribution in [0.3, 0.4) is 0 Å². The van der Waals surface area contributed by atoms with Crippen LogP contribution in [0.25, 0.3) is 10.9 Å². The summed E-state index contributed by atoms with van der Waals surface area (Å²) in [4.78, 5) is 8.93. The molecule has 3 heteroatoms. The lowest BCUT2D eigenvalue weighted by Crippen LogP contribution is -2.11. The lowest BCUT2D eigenvalue weighted by molar-refractivity contribution is 0.446. The van der Waals surface area contributed by atoms with Gasteiger partial charge in [-0.15, -0.1) is 0 Å². The van der Waals surface area contributed by atoms with E-state index < -0.39 is 0 Å². The minimum Gasteiger partial charge on any atom is -0.507 e. The molecule has 1 N–H and O–H groups in total. The second-order valence-corrected chi connectivity index (χ2v) is 6.61. The zero-order valence-corrected chi connectivity index (χ0v) is 13.6. The summed E-state index contributed by atoms with van der Waals surface area (Å²) < 4.78 is 0. The Morgan fingerprint density at radius 3 is 2.52 bits per heavy atom. The molecule has 0 radical (unpaired) electrons. The van der Waals surface area contributed by atoms with Gasteiger partial charge in [0.1, 0.15) is 5.75 Å². The summed E-state index contributed by atoms with van der Waals surface area (Å²) in [5, 5.41) is 11.5. The molecule has 0 atom stereocenters. The van der Waals surface area contributed by atoms with Crippen LogP contribution >= 0.6 is 0 Å². The third kappa shape index (κ3) is 3.24. The summed E-state index contributed by atoms with van der Waals surface area (Å²) in [6.07, 6.45) is 1.67. The van der Waals surface area contributed by atoms with Gasteiger partial charge in [0.15, 0.2) is 5.82 Å². The van der Waals surface area contributed by atoms with Crippen molar-refractivity contribution in [2.45, 2.75) is 26.2 Å². The number of aromatic hydroxyl groups is 1. The molecule has 0 unspecified atom stereocenters. The first-order valence-corrected chi connectivity index (χ1v) is 7.67. The highest BCUT2D eigenvalue weighted by Crippen LogP contribution is 2.32. The van der Waals surface area contributed by atoms with E-state index in [0.717, 1.165) is 16.5 Å². The highest BCUT2D eigenvalue weighted by molar-refractivity contribution is 5.87.